The largest absolute Gasteiger partial charge is 0.369 e. The number of anilines is 2. The number of amides is 1. The average molecular weight is 300 g/mol. The lowest BCUT2D eigenvalue weighted by Gasteiger charge is -2.35. The molecule has 1 atom stereocenters. The van der Waals surface area contributed by atoms with Gasteiger partial charge in [0.05, 0.1) is 4.88 Å². The molecule has 0 unspecified atom stereocenters. The first-order chi connectivity index (χ1) is 10.2. The molecule has 1 fully saturated rings. The minimum Gasteiger partial charge on any atom is -0.369 e. The maximum absolute atomic E-state index is 12.0. The number of hydrogen-bond acceptors (Lipinski definition) is 3. The van der Waals surface area contributed by atoms with Crippen LogP contribution in [-0.4, -0.2) is 18.5 Å². The van der Waals surface area contributed by atoms with Gasteiger partial charge >= 0.3 is 0 Å². The summed E-state index contributed by atoms with van der Waals surface area (Å²) in [6.07, 6.45) is 3.85. The summed E-state index contributed by atoms with van der Waals surface area (Å²) in [5.41, 5.74) is 2.10. The number of hydrogen-bond donors (Lipinski definition) is 1. The Morgan fingerprint density at radius 2 is 2.05 bits per heavy atom. The molecule has 1 N–H and O–H groups in total. The fraction of sp³-hybridized carbons (Fsp3) is 0.353. The summed E-state index contributed by atoms with van der Waals surface area (Å²) < 4.78 is 0. The van der Waals surface area contributed by atoms with Crippen molar-refractivity contribution in [1.29, 1.82) is 0 Å². The Kier molecular flexibility index (Phi) is 4.25. The molecule has 0 spiro atoms. The van der Waals surface area contributed by atoms with E-state index in [0.29, 0.717) is 6.04 Å². The molecule has 1 aliphatic rings. The molecule has 110 valence electrons. The highest BCUT2D eigenvalue weighted by molar-refractivity contribution is 7.12. The van der Waals surface area contributed by atoms with Crippen LogP contribution in [0.1, 0.15) is 35.9 Å². The van der Waals surface area contributed by atoms with Crippen LogP contribution in [-0.2, 0) is 0 Å². The van der Waals surface area contributed by atoms with Crippen molar-refractivity contribution in [3.63, 3.8) is 0 Å². The van der Waals surface area contributed by atoms with Crippen LogP contribution in [0.15, 0.2) is 41.8 Å². The molecule has 1 aliphatic heterocycles. The van der Waals surface area contributed by atoms with Crippen molar-refractivity contribution >= 4 is 28.6 Å². The Labute approximate surface area is 129 Å². The molecule has 2 heterocycles. The van der Waals surface area contributed by atoms with Gasteiger partial charge in [-0.2, -0.15) is 0 Å². The van der Waals surface area contributed by atoms with E-state index in [0.717, 1.165) is 17.1 Å². The first-order valence-electron chi connectivity index (χ1n) is 7.45. The molecule has 3 rings (SSSR count). The fourth-order valence-electron chi connectivity index (χ4n) is 2.82. The normalized spacial score (nSPS) is 18.5. The van der Waals surface area contributed by atoms with Gasteiger partial charge in [0.1, 0.15) is 0 Å². The summed E-state index contributed by atoms with van der Waals surface area (Å²) in [4.78, 5) is 15.2. The lowest BCUT2D eigenvalue weighted by molar-refractivity contribution is 0.103. The summed E-state index contributed by atoms with van der Waals surface area (Å²) in [6.45, 7) is 3.41. The first-order valence-corrected chi connectivity index (χ1v) is 8.33. The highest BCUT2D eigenvalue weighted by atomic mass is 32.1. The van der Waals surface area contributed by atoms with Crippen molar-refractivity contribution in [3.8, 4) is 0 Å². The van der Waals surface area contributed by atoms with E-state index in [1.165, 1.54) is 36.3 Å². The summed E-state index contributed by atoms with van der Waals surface area (Å²) >= 11 is 1.46. The van der Waals surface area contributed by atoms with Crippen molar-refractivity contribution in [2.75, 3.05) is 16.8 Å². The smallest absolute Gasteiger partial charge is 0.265 e. The maximum Gasteiger partial charge on any atom is 0.265 e. The lowest BCUT2D eigenvalue weighted by atomic mass is 10.0. The zero-order valence-corrected chi connectivity index (χ0v) is 13.0. The van der Waals surface area contributed by atoms with Crippen LogP contribution in [0, 0.1) is 0 Å². The second kappa shape index (κ2) is 6.31. The third-order valence-corrected chi connectivity index (χ3v) is 4.87. The van der Waals surface area contributed by atoms with E-state index in [2.05, 4.69) is 29.3 Å². The van der Waals surface area contributed by atoms with Crippen LogP contribution < -0.4 is 10.2 Å². The van der Waals surface area contributed by atoms with Gasteiger partial charge in [-0.15, -0.1) is 11.3 Å². The summed E-state index contributed by atoms with van der Waals surface area (Å²) in [5, 5.41) is 4.85. The van der Waals surface area contributed by atoms with Gasteiger partial charge in [0.25, 0.3) is 5.91 Å². The van der Waals surface area contributed by atoms with E-state index in [1.807, 2.05) is 29.6 Å². The molecule has 1 amide bonds. The number of piperidine rings is 1. The van der Waals surface area contributed by atoms with E-state index < -0.39 is 0 Å². The molecule has 1 aromatic carbocycles. The van der Waals surface area contributed by atoms with Crippen LogP contribution in [0.5, 0.6) is 0 Å². The second-order valence-corrected chi connectivity index (χ2v) is 6.46. The zero-order chi connectivity index (χ0) is 14.7. The minimum atomic E-state index is -0.0379. The molecule has 2 aromatic rings. The monoisotopic (exact) mass is 300 g/mol. The molecule has 21 heavy (non-hydrogen) atoms. The SMILES string of the molecule is C[C@H]1CCCCN1c1ccc(NC(=O)c2cccs2)cc1. The molecular weight excluding hydrogens is 280 g/mol. The summed E-state index contributed by atoms with van der Waals surface area (Å²) in [5.74, 6) is -0.0379. The Balaban J connectivity index is 1.68. The number of rotatable bonds is 3. The van der Waals surface area contributed by atoms with Gasteiger partial charge in [-0.05, 0) is 61.9 Å². The number of benzene rings is 1. The Morgan fingerprint density at radius 3 is 2.71 bits per heavy atom. The standard InChI is InChI=1S/C17H20N2OS/c1-13-5-2-3-11-19(13)15-9-7-14(8-10-15)18-17(20)16-6-4-12-21-16/h4,6-10,12-13H,2-3,5,11H2,1H3,(H,18,20)/t13-/m0/s1. The van der Waals surface area contributed by atoms with Crippen molar-refractivity contribution < 1.29 is 4.79 Å². The number of carbonyl (C=O) groups is 1. The van der Waals surface area contributed by atoms with Gasteiger partial charge in [-0.1, -0.05) is 6.07 Å². The molecule has 0 saturated carbocycles. The van der Waals surface area contributed by atoms with Crippen LogP contribution in [0.2, 0.25) is 0 Å². The Bertz CT molecular complexity index is 592. The number of thiophene rings is 1. The summed E-state index contributed by atoms with van der Waals surface area (Å²) in [6, 6.07) is 12.5. The van der Waals surface area contributed by atoms with Gasteiger partial charge in [0.15, 0.2) is 0 Å². The zero-order valence-electron chi connectivity index (χ0n) is 12.2. The molecular formula is C17H20N2OS. The van der Waals surface area contributed by atoms with Gasteiger partial charge in [-0.25, -0.2) is 0 Å². The van der Waals surface area contributed by atoms with Crippen LogP contribution >= 0.6 is 11.3 Å². The lowest BCUT2D eigenvalue weighted by Crippen LogP contribution is -2.37. The Morgan fingerprint density at radius 1 is 1.24 bits per heavy atom. The van der Waals surface area contributed by atoms with Crippen molar-refractivity contribution in [3.05, 3.63) is 46.7 Å². The van der Waals surface area contributed by atoms with Gasteiger partial charge in [0.2, 0.25) is 0 Å². The number of nitrogens with one attached hydrogen (secondary N) is 1. The second-order valence-electron chi connectivity index (χ2n) is 5.52. The highest BCUT2D eigenvalue weighted by Gasteiger charge is 2.18. The number of carbonyl (C=O) groups excluding carboxylic acids is 1. The first kappa shape index (κ1) is 14.1. The van der Waals surface area contributed by atoms with Gasteiger partial charge in [-0.3, -0.25) is 4.79 Å². The molecule has 4 heteroatoms. The molecule has 1 aromatic heterocycles. The van der Waals surface area contributed by atoms with Crippen LogP contribution in [0.25, 0.3) is 0 Å². The molecule has 0 bridgehead atoms. The minimum absolute atomic E-state index is 0.0379. The van der Waals surface area contributed by atoms with Crippen LogP contribution in [0.3, 0.4) is 0 Å². The third-order valence-electron chi connectivity index (χ3n) is 4.00. The van der Waals surface area contributed by atoms with E-state index in [9.17, 15) is 4.79 Å². The van der Waals surface area contributed by atoms with Crippen molar-refractivity contribution in [2.45, 2.75) is 32.2 Å². The summed E-state index contributed by atoms with van der Waals surface area (Å²) in [7, 11) is 0. The topological polar surface area (TPSA) is 32.3 Å². The maximum atomic E-state index is 12.0. The van der Waals surface area contributed by atoms with Gasteiger partial charge < -0.3 is 10.2 Å². The average Bonchev–Trinajstić information content (AvgIpc) is 3.03. The van der Waals surface area contributed by atoms with Gasteiger partial charge in [0, 0.05) is 24.0 Å². The molecule has 1 saturated heterocycles. The quantitative estimate of drug-likeness (QED) is 0.912. The molecule has 3 nitrogen and oxygen atoms in total. The highest BCUT2D eigenvalue weighted by Crippen LogP contribution is 2.26. The number of nitrogens with zero attached hydrogens (tertiary/aromatic N) is 1. The third kappa shape index (κ3) is 3.27. The molecule has 0 aliphatic carbocycles. The van der Waals surface area contributed by atoms with E-state index in [4.69, 9.17) is 0 Å². The van der Waals surface area contributed by atoms with E-state index in [1.54, 1.807) is 0 Å². The van der Waals surface area contributed by atoms with E-state index in [-0.39, 0.29) is 5.91 Å². The molecule has 0 radical (unpaired) electrons. The fourth-order valence-corrected chi connectivity index (χ4v) is 3.44. The van der Waals surface area contributed by atoms with Crippen molar-refractivity contribution in [1.82, 2.24) is 0 Å². The van der Waals surface area contributed by atoms with Crippen molar-refractivity contribution in [2.24, 2.45) is 0 Å². The van der Waals surface area contributed by atoms with Crippen LogP contribution in [0.4, 0.5) is 11.4 Å². The van der Waals surface area contributed by atoms with E-state index >= 15 is 0 Å². The predicted molar refractivity (Wildman–Crippen MR) is 89.4 cm³/mol. The predicted octanol–water partition coefficient (Wildman–Crippen LogP) is 4.38. The Hall–Kier alpha value is -1.81.